The Hall–Kier alpha value is -2.14. The molecule has 114 valence electrons. The Kier molecular flexibility index (Phi) is 4.48. The molecule has 0 bridgehead atoms. The quantitative estimate of drug-likeness (QED) is 0.708. The van der Waals surface area contributed by atoms with Crippen LogP contribution in [0.2, 0.25) is 5.02 Å². The highest BCUT2D eigenvalue weighted by Crippen LogP contribution is 2.45. The Balaban J connectivity index is 2.29. The first-order valence-electron chi connectivity index (χ1n) is 6.46. The summed E-state index contributed by atoms with van der Waals surface area (Å²) in [6.07, 6.45) is 3.49. The van der Waals surface area contributed by atoms with Crippen LogP contribution in [0.25, 0.3) is 21.7 Å². The maximum absolute atomic E-state index is 9.61. The van der Waals surface area contributed by atoms with E-state index in [-0.39, 0.29) is 5.95 Å². The first-order chi connectivity index (χ1) is 11.1. The summed E-state index contributed by atoms with van der Waals surface area (Å²) in [5.41, 5.74) is 8.59. The van der Waals surface area contributed by atoms with E-state index < -0.39 is 0 Å². The van der Waals surface area contributed by atoms with Gasteiger partial charge in [-0.3, -0.25) is 0 Å². The minimum absolute atomic E-state index is 0.0992. The predicted octanol–water partition coefficient (Wildman–Crippen LogP) is 4.10. The van der Waals surface area contributed by atoms with E-state index in [1.807, 2.05) is 18.4 Å². The lowest BCUT2D eigenvalue weighted by Gasteiger charge is -2.05. The number of thioether (sulfide) groups is 1. The van der Waals surface area contributed by atoms with Crippen LogP contribution in [0, 0.1) is 11.3 Å². The second-order valence-electron chi connectivity index (χ2n) is 4.49. The Bertz CT molecular complexity index is 899. The van der Waals surface area contributed by atoms with Gasteiger partial charge in [0.05, 0.1) is 20.8 Å². The third-order valence-electron chi connectivity index (χ3n) is 3.11. The van der Waals surface area contributed by atoms with Crippen LogP contribution in [0.5, 0.6) is 0 Å². The third kappa shape index (κ3) is 3.01. The zero-order chi connectivity index (χ0) is 16.4. The molecule has 5 nitrogen and oxygen atoms in total. The minimum Gasteiger partial charge on any atom is -0.366 e. The van der Waals surface area contributed by atoms with Crippen LogP contribution < -0.4 is 5.73 Å². The molecular weight excluding hydrogens is 350 g/mol. The summed E-state index contributed by atoms with van der Waals surface area (Å²) in [4.78, 5) is 5.08. The zero-order valence-electron chi connectivity index (χ0n) is 11.9. The van der Waals surface area contributed by atoms with Gasteiger partial charge in [-0.2, -0.15) is 10.4 Å². The largest absolute Gasteiger partial charge is 0.366 e. The van der Waals surface area contributed by atoms with E-state index in [0.29, 0.717) is 16.3 Å². The van der Waals surface area contributed by atoms with E-state index in [1.54, 1.807) is 18.3 Å². The number of thiophene rings is 1. The van der Waals surface area contributed by atoms with Crippen molar-refractivity contribution in [2.24, 2.45) is 0 Å². The third-order valence-corrected chi connectivity index (χ3v) is 5.70. The van der Waals surface area contributed by atoms with Gasteiger partial charge in [-0.25, -0.2) is 4.98 Å². The van der Waals surface area contributed by atoms with Crippen molar-refractivity contribution in [3.8, 4) is 27.8 Å². The Morgan fingerprint density at radius 1 is 1.30 bits per heavy atom. The molecule has 0 spiro atoms. The van der Waals surface area contributed by atoms with Crippen molar-refractivity contribution >= 4 is 40.6 Å². The monoisotopic (exact) mass is 359 g/mol. The van der Waals surface area contributed by atoms with E-state index in [1.165, 1.54) is 23.1 Å². The lowest BCUT2D eigenvalue weighted by molar-refractivity contribution is 0.992. The summed E-state index contributed by atoms with van der Waals surface area (Å²) in [5.74, 6) is 0.0992. The molecule has 2 aromatic heterocycles. The molecule has 0 radical (unpaired) electrons. The first kappa shape index (κ1) is 15.7. The average Bonchev–Trinajstić information content (AvgIpc) is 2.94. The molecule has 0 amide bonds. The molecule has 23 heavy (non-hydrogen) atoms. The highest BCUT2D eigenvalue weighted by molar-refractivity contribution is 8.00. The van der Waals surface area contributed by atoms with Crippen molar-refractivity contribution in [3.05, 3.63) is 41.0 Å². The van der Waals surface area contributed by atoms with Gasteiger partial charge >= 0.3 is 0 Å². The number of hydrogen-bond acceptors (Lipinski definition) is 7. The molecule has 1 aromatic carbocycles. The van der Waals surface area contributed by atoms with Gasteiger partial charge in [0.25, 0.3) is 0 Å². The summed E-state index contributed by atoms with van der Waals surface area (Å²) in [7, 11) is 0. The van der Waals surface area contributed by atoms with Crippen LogP contribution in [0.15, 0.2) is 34.7 Å². The van der Waals surface area contributed by atoms with Crippen LogP contribution in [-0.4, -0.2) is 21.4 Å². The first-order valence-corrected chi connectivity index (χ1v) is 8.88. The molecule has 0 fully saturated rings. The van der Waals surface area contributed by atoms with E-state index >= 15 is 0 Å². The fourth-order valence-electron chi connectivity index (χ4n) is 2.15. The topological polar surface area (TPSA) is 88.5 Å². The van der Waals surface area contributed by atoms with Gasteiger partial charge in [0.2, 0.25) is 5.95 Å². The Morgan fingerprint density at radius 2 is 2.04 bits per heavy atom. The van der Waals surface area contributed by atoms with Gasteiger partial charge in [-0.05, 0) is 24.0 Å². The van der Waals surface area contributed by atoms with E-state index in [2.05, 4.69) is 21.3 Å². The SMILES string of the molecule is CSc1sc(-c2cnnc(N)n2)c(-c2ccc(Cl)cc2)c1C#N. The van der Waals surface area contributed by atoms with Gasteiger partial charge in [-0.1, -0.05) is 23.7 Å². The van der Waals surface area contributed by atoms with Gasteiger partial charge in [0.15, 0.2) is 0 Å². The standard InChI is InChI=1S/C15H10ClN5S2/c1-22-14-10(6-17)12(8-2-4-9(16)5-3-8)13(23-14)11-7-19-21-15(18)20-11/h2-5,7H,1H3,(H2,18,20,21). The summed E-state index contributed by atoms with van der Waals surface area (Å²) < 4.78 is 0.921. The minimum atomic E-state index is 0.0992. The molecule has 0 saturated carbocycles. The van der Waals surface area contributed by atoms with E-state index in [0.717, 1.165) is 20.2 Å². The molecule has 0 saturated heterocycles. The van der Waals surface area contributed by atoms with Crippen LogP contribution in [0.1, 0.15) is 5.56 Å². The molecule has 0 aliphatic carbocycles. The molecular formula is C15H10ClN5S2. The normalized spacial score (nSPS) is 10.5. The van der Waals surface area contributed by atoms with E-state index in [4.69, 9.17) is 17.3 Å². The number of nitrogens with two attached hydrogens (primary N) is 1. The number of nitriles is 1. The van der Waals surface area contributed by atoms with Crippen molar-refractivity contribution in [2.75, 3.05) is 12.0 Å². The summed E-state index contributed by atoms with van der Waals surface area (Å²) >= 11 is 8.99. The van der Waals surface area contributed by atoms with Gasteiger partial charge in [0, 0.05) is 10.6 Å². The molecule has 3 aromatic rings. The summed E-state index contributed by atoms with van der Waals surface area (Å²) in [6, 6.07) is 9.66. The number of hydrogen-bond donors (Lipinski definition) is 1. The Morgan fingerprint density at radius 3 is 2.65 bits per heavy atom. The molecule has 0 aliphatic heterocycles. The van der Waals surface area contributed by atoms with Crippen LogP contribution in [0.3, 0.4) is 0 Å². The molecule has 0 aliphatic rings. The van der Waals surface area contributed by atoms with Crippen LogP contribution in [-0.2, 0) is 0 Å². The number of benzene rings is 1. The lowest BCUT2D eigenvalue weighted by atomic mass is 10.0. The second-order valence-corrected chi connectivity index (χ2v) is 7.02. The van der Waals surface area contributed by atoms with Crippen molar-refractivity contribution in [1.82, 2.24) is 15.2 Å². The molecule has 2 N–H and O–H groups in total. The maximum atomic E-state index is 9.61. The van der Waals surface area contributed by atoms with Crippen molar-refractivity contribution < 1.29 is 0 Å². The molecule has 3 rings (SSSR count). The number of nitrogen functional groups attached to an aromatic ring is 1. The van der Waals surface area contributed by atoms with E-state index in [9.17, 15) is 5.26 Å². The van der Waals surface area contributed by atoms with Gasteiger partial charge in [-0.15, -0.1) is 28.2 Å². The van der Waals surface area contributed by atoms with Crippen molar-refractivity contribution in [2.45, 2.75) is 4.21 Å². The molecule has 0 unspecified atom stereocenters. The van der Waals surface area contributed by atoms with Crippen LogP contribution >= 0.6 is 34.7 Å². The van der Waals surface area contributed by atoms with Crippen LogP contribution in [0.4, 0.5) is 5.95 Å². The smallest absolute Gasteiger partial charge is 0.240 e. The fourth-order valence-corrected chi connectivity index (χ4v) is 4.18. The molecule has 2 heterocycles. The number of aromatic nitrogens is 3. The summed E-state index contributed by atoms with van der Waals surface area (Å²) in [5, 5.41) is 17.8. The number of anilines is 1. The Labute approximate surface area is 146 Å². The number of halogens is 1. The van der Waals surface area contributed by atoms with Crippen molar-refractivity contribution in [3.63, 3.8) is 0 Å². The zero-order valence-corrected chi connectivity index (χ0v) is 14.3. The average molecular weight is 360 g/mol. The highest BCUT2D eigenvalue weighted by Gasteiger charge is 2.21. The lowest BCUT2D eigenvalue weighted by Crippen LogP contribution is -1.98. The molecule has 8 heteroatoms. The highest BCUT2D eigenvalue weighted by atomic mass is 35.5. The van der Waals surface area contributed by atoms with Gasteiger partial charge < -0.3 is 5.73 Å². The number of rotatable bonds is 3. The second kappa shape index (κ2) is 6.54. The molecule has 0 atom stereocenters. The predicted molar refractivity (Wildman–Crippen MR) is 94.5 cm³/mol. The van der Waals surface area contributed by atoms with Gasteiger partial charge in [0.1, 0.15) is 11.8 Å². The maximum Gasteiger partial charge on any atom is 0.240 e. The number of nitrogens with zero attached hydrogens (tertiary/aromatic N) is 4. The van der Waals surface area contributed by atoms with Crippen molar-refractivity contribution in [1.29, 1.82) is 5.26 Å². The summed E-state index contributed by atoms with van der Waals surface area (Å²) in [6.45, 7) is 0. The fraction of sp³-hybridized carbons (Fsp3) is 0.0667.